The summed E-state index contributed by atoms with van der Waals surface area (Å²) in [5, 5.41) is 11.9. The predicted molar refractivity (Wildman–Crippen MR) is 416 cm³/mol. The van der Waals surface area contributed by atoms with Crippen LogP contribution in [0.2, 0.25) is 0 Å². The fourth-order valence-electron chi connectivity index (χ4n) is 10.8. The molecule has 0 spiro atoms. The number of hydrogen-bond acceptors (Lipinski definition) is 8. The smallest absolute Gasteiger partial charge is 0.306 e. The first-order chi connectivity index (χ1) is 47.6. The summed E-state index contributed by atoms with van der Waals surface area (Å²) in [6, 6.07) is 0. The van der Waals surface area contributed by atoms with Gasteiger partial charge in [-0.2, -0.15) is 0 Å². The summed E-state index contributed by atoms with van der Waals surface area (Å²) in [5.74, 6) is -2.28. The highest BCUT2D eigenvalue weighted by Gasteiger charge is 2.22. The van der Waals surface area contributed by atoms with Crippen LogP contribution in [0.1, 0.15) is 322 Å². The molecule has 0 aromatic carbocycles. The van der Waals surface area contributed by atoms with Gasteiger partial charge in [0, 0.05) is 12.8 Å². The molecule has 2 unspecified atom stereocenters. The van der Waals surface area contributed by atoms with E-state index in [4.69, 9.17) is 18.9 Å². The van der Waals surface area contributed by atoms with Crippen LogP contribution in [-0.4, -0.2) is 82.3 Å². The van der Waals surface area contributed by atoms with Crippen molar-refractivity contribution in [2.45, 2.75) is 334 Å². The van der Waals surface area contributed by atoms with Crippen LogP contribution >= 0.6 is 0 Å². The van der Waals surface area contributed by atoms with E-state index < -0.39 is 24.3 Å². The van der Waals surface area contributed by atoms with Gasteiger partial charge in [0.2, 0.25) is 0 Å². The number of allylic oxidation sites excluding steroid dienone is 26. The minimum atomic E-state index is -1.63. The first kappa shape index (κ1) is 91.9. The number of nitrogens with zero attached hydrogens (tertiary/aromatic N) is 1. The van der Waals surface area contributed by atoms with E-state index in [-0.39, 0.29) is 38.6 Å². The summed E-state index contributed by atoms with van der Waals surface area (Å²) in [4.78, 5) is 37.6. The monoisotopic (exact) mass is 1350 g/mol. The van der Waals surface area contributed by atoms with Crippen molar-refractivity contribution in [1.29, 1.82) is 0 Å². The molecule has 0 amide bonds. The number of carboxylic acids is 1. The molecule has 9 heteroatoms. The summed E-state index contributed by atoms with van der Waals surface area (Å²) < 4.78 is 22.9. The molecule has 0 aliphatic rings. The Kier molecular flexibility index (Phi) is 72.6. The lowest BCUT2D eigenvalue weighted by Gasteiger charge is -2.26. The first-order valence-corrected chi connectivity index (χ1v) is 39.6. The molecule has 0 rings (SSSR count). The largest absolute Gasteiger partial charge is 0.545 e. The molecular formula is C88H147NO8. The topological polar surface area (TPSA) is 111 Å². The summed E-state index contributed by atoms with van der Waals surface area (Å²) in [6.07, 6.45) is 111. The van der Waals surface area contributed by atoms with Crippen LogP contribution in [0.4, 0.5) is 0 Å². The lowest BCUT2D eigenvalue weighted by Crippen LogP contribution is -2.44. The Morgan fingerprint density at radius 1 is 0.309 bits per heavy atom. The van der Waals surface area contributed by atoms with Crippen LogP contribution in [0.5, 0.6) is 0 Å². The number of carboxylic acid groups (broad SMARTS) is 1. The molecule has 0 heterocycles. The van der Waals surface area contributed by atoms with Gasteiger partial charge in [-0.25, -0.2) is 0 Å². The number of carbonyl (C=O) groups excluding carboxylic acids is 3. The van der Waals surface area contributed by atoms with Gasteiger partial charge in [-0.3, -0.25) is 9.59 Å². The van der Waals surface area contributed by atoms with E-state index in [0.29, 0.717) is 17.4 Å². The molecular weight excluding hydrogens is 1200 g/mol. The zero-order valence-corrected chi connectivity index (χ0v) is 63.1. The molecule has 0 saturated carbocycles. The van der Waals surface area contributed by atoms with Gasteiger partial charge >= 0.3 is 11.9 Å². The van der Waals surface area contributed by atoms with E-state index in [2.05, 4.69) is 172 Å². The summed E-state index contributed by atoms with van der Waals surface area (Å²) >= 11 is 0. The molecule has 0 radical (unpaired) electrons. The van der Waals surface area contributed by atoms with Crippen molar-refractivity contribution in [2.24, 2.45) is 0 Å². The average Bonchev–Trinajstić information content (AvgIpc) is 2.39. The number of esters is 2. The maximum absolute atomic E-state index is 13.0. The number of quaternary nitrogens is 1. The van der Waals surface area contributed by atoms with E-state index in [1.54, 1.807) is 0 Å². The molecule has 552 valence electrons. The van der Waals surface area contributed by atoms with Crippen molar-refractivity contribution in [2.75, 3.05) is 47.5 Å². The number of carbonyl (C=O) groups is 3. The van der Waals surface area contributed by atoms with Crippen molar-refractivity contribution < 1.29 is 42.9 Å². The SMILES string of the molecule is CC/C=C\C/C=C\C/C=C\C/C=C\C/C=C\C/C=C\C/C=C\C/C=C\C/C=C\CCCCCCCCCCCCCC(=O)OC(COC(=O)CCCCCCCCCCCCCCCCCCCCCC/C=C\C/C=C\C/C=C\C/C=C\CC)COC(OCC[N+](C)(C)C)C(=O)[O-]. The Labute approximate surface area is 597 Å². The van der Waals surface area contributed by atoms with Gasteiger partial charge in [-0.1, -0.05) is 345 Å². The molecule has 9 nitrogen and oxygen atoms in total. The molecule has 0 aliphatic heterocycles. The fraction of sp³-hybridized carbons (Fsp3) is 0.670. The van der Waals surface area contributed by atoms with Crippen molar-refractivity contribution in [1.82, 2.24) is 0 Å². The van der Waals surface area contributed by atoms with Crippen LogP contribution in [0.25, 0.3) is 0 Å². The summed E-state index contributed by atoms with van der Waals surface area (Å²) in [7, 11) is 5.93. The zero-order valence-electron chi connectivity index (χ0n) is 63.1. The highest BCUT2D eigenvalue weighted by molar-refractivity contribution is 5.70. The molecule has 0 fully saturated rings. The molecule has 97 heavy (non-hydrogen) atoms. The summed E-state index contributed by atoms with van der Waals surface area (Å²) in [5.41, 5.74) is 0. The standard InChI is InChI=1S/C88H147NO8/c1-6-8-10-12-14-16-18-20-22-24-26-28-30-32-34-36-38-40-41-42-43-44-45-47-49-51-53-55-57-59-61-63-65-67-69-71-73-75-77-79-86(91)97-84(83-96-88(87(92)93)94-81-80-89(3,4)5)82-95-85(90)78-76-74-72-70-68-66-64-62-60-58-56-54-52-50-48-46-39-37-35-33-31-29-27-25-23-21-19-17-15-13-11-9-7-2/h8-11,14-17,20-23,26-29,32,34,38,40,42-43,45,47,51,53,84,88H,6-7,12-13,18-19,24-25,30-31,33,35-37,39,41,44,46,48-50,52,54-83H2,1-5H3/b10-8-,11-9-,16-14-,17-15-,22-20-,23-21-,28-26-,29-27-,34-32-,40-38-,43-42-,47-45-,53-51-. The second-order valence-electron chi connectivity index (χ2n) is 27.2. The maximum Gasteiger partial charge on any atom is 0.306 e. The zero-order chi connectivity index (χ0) is 70.4. The lowest BCUT2D eigenvalue weighted by molar-refractivity contribution is -0.870. The van der Waals surface area contributed by atoms with Gasteiger partial charge in [0.05, 0.1) is 40.3 Å². The van der Waals surface area contributed by atoms with Crippen molar-refractivity contribution in [3.63, 3.8) is 0 Å². The normalized spacial score (nSPS) is 13.5. The van der Waals surface area contributed by atoms with E-state index in [1.807, 2.05) is 21.1 Å². The van der Waals surface area contributed by atoms with Crippen LogP contribution in [0, 0.1) is 0 Å². The molecule has 2 atom stereocenters. The number of aliphatic carboxylic acids is 1. The van der Waals surface area contributed by atoms with Gasteiger partial charge in [-0.05, 0) is 122 Å². The molecule has 0 aromatic heterocycles. The Morgan fingerprint density at radius 3 is 0.825 bits per heavy atom. The Balaban J connectivity index is 4.08. The van der Waals surface area contributed by atoms with Crippen LogP contribution < -0.4 is 5.11 Å². The highest BCUT2D eigenvalue weighted by atomic mass is 16.7. The predicted octanol–water partition coefficient (Wildman–Crippen LogP) is 24.3. The van der Waals surface area contributed by atoms with Crippen LogP contribution in [0.3, 0.4) is 0 Å². The second-order valence-corrected chi connectivity index (χ2v) is 27.2. The quantitative estimate of drug-likeness (QED) is 0.0195. The molecule has 0 aromatic rings. The van der Waals surface area contributed by atoms with Crippen molar-refractivity contribution in [3.05, 3.63) is 158 Å². The molecule has 0 saturated heterocycles. The number of likely N-dealkylation sites (N-methyl/N-ethyl adjacent to an activating group) is 1. The van der Waals surface area contributed by atoms with Gasteiger partial charge in [0.25, 0.3) is 0 Å². The number of unbranched alkanes of at least 4 members (excludes halogenated alkanes) is 31. The fourth-order valence-corrected chi connectivity index (χ4v) is 10.8. The lowest BCUT2D eigenvalue weighted by atomic mass is 10.0. The Bertz CT molecular complexity index is 2160. The van der Waals surface area contributed by atoms with Crippen LogP contribution in [-0.2, 0) is 33.3 Å². The van der Waals surface area contributed by atoms with Crippen molar-refractivity contribution in [3.8, 4) is 0 Å². The minimum Gasteiger partial charge on any atom is -0.545 e. The number of ether oxygens (including phenoxy) is 4. The van der Waals surface area contributed by atoms with Gasteiger partial charge in [0.15, 0.2) is 12.4 Å². The Hall–Kier alpha value is -5.09. The Morgan fingerprint density at radius 2 is 0.557 bits per heavy atom. The van der Waals surface area contributed by atoms with Crippen molar-refractivity contribution >= 4 is 17.9 Å². The van der Waals surface area contributed by atoms with E-state index in [9.17, 15) is 19.5 Å². The van der Waals surface area contributed by atoms with E-state index in [0.717, 1.165) is 128 Å². The van der Waals surface area contributed by atoms with E-state index in [1.165, 1.54) is 161 Å². The minimum absolute atomic E-state index is 0.142. The maximum atomic E-state index is 13.0. The highest BCUT2D eigenvalue weighted by Crippen LogP contribution is 2.18. The third-order valence-electron chi connectivity index (χ3n) is 16.8. The van der Waals surface area contributed by atoms with Gasteiger partial charge in [-0.15, -0.1) is 0 Å². The summed E-state index contributed by atoms with van der Waals surface area (Å²) in [6.45, 7) is 4.54. The third kappa shape index (κ3) is 78.1. The van der Waals surface area contributed by atoms with Gasteiger partial charge in [0.1, 0.15) is 13.2 Å². The van der Waals surface area contributed by atoms with Crippen LogP contribution in [0.15, 0.2) is 158 Å². The number of rotatable bonds is 72. The molecule has 0 N–H and O–H groups in total. The first-order valence-electron chi connectivity index (χ1n) is 39.6. The average molecular weight is 1350 g/mol. The van der Waals surface area contributed by atoms with Gasteiger partial charge < -0.3 is 33.3 Å². The third-order valence-corrected chi connectivity index (χ3v) is 16.8. The molecule has 0 aliphatic carbocycles. The number of hydrogen-bond donors (Lipinski definition) is 0. The molecule has 0 bridgehead atoms. The van der Waals surface area contributed by atoms with E-state index >= 15 is 0 Å². The second kappa shape index (κ2) is 76.7.